The van der Waals surface area contributed by atoms with E-state index in [4.69, 9.17) is 0 Å². The molecule has 4 heteroatoms. The number of likely N-dealkylation sites (N-methyl/N-ethyl adjacent to an activating group) is 1. The van der Waals surface area contributed by atoms with E-state index in [-0.39, 0.29) is 5.91 Å². The second-order valence-electron chi connectivity index (χ2n) is 3.71. The minimum atomic E-state index is 0.0269. The molecular formula is C12H17BrN2O. The van der Waals surface area contributed by atoms with Crippen LogP contribution in [0.25, 0.3) is 0 Å². The average molecular weight is 285 g/mol. The average Bonchev–Trinajstić information content (AvgIpc) is 2.59. The first kappa shape index (κ1) is 13.0. The Morgan fingerprint density at radius 1 is 1.69 bits per heavy atom. The number of carbonyl (C=O) groups is 1. The molecule has 3 nitrogen and oxygen atoms in total. The molecule has 0 radical (unpaired) electrons. The first-order valence-corrected chi connectivity index (χ1v) is 6.11. The highest BCUT2D eigenvalue weighted by Gasteiger charge is 2.15. The number of hydrogen-bond acceptors (Lipinski definition) is 1. The van der Waals surface area contributed by atoms with Crippen LogP contribution >= 0.6 is 15.9 Å². The SMILES string of the molecule is C=CCN(C)C(=O)c1cc(Br)cn1CCC. The molecule has 0 aromatic carbocycles. The van der Waals surface area contributed by atoms with Gasteiger partial charge in [0.25, 0.3) is 5.91 Å². The van der Waals surface area contributed by atoms with Crippen LogP contribution in [0.4, 0.5) is 0 Å². The van der Waals surface area contributed by atoms with E-state index < -0.39 is 0 Å². The summed E-state index contributed by atoms with van der Waals surface area (Å²) in [7, 11) is 1.78. The molecule has 88 valence electrons. The molecule has 0 aliphatic rings. The van der Waals surface area contributed by atoms with Crippen molar-refractivity contribution in [3.63, 3.8) is 0 Å². The van der Waals surface area contributed by atoms with Crippen molar-refractivity contribution in [2.24, 2.45) is 0 Å². The molecule has 1 rings (SSSR count). The Bertz CT molecular complexity index is 384. The van der Waals surface area contributed by atoms with Crippen molar-refractivity contribution in [3.8, 4) is 0 Å². The minimum Gasteiger partial charge on any atom is -0.342 e. The normalized spacial score (nSPS) is 10.2. The van der Waals surface area contributed by atoms with Gasteiger partial charge in [0.1, 0.15) is 5.69 Å². The fourth-order valence-electron chi connectivity index (χ4n) is 1.55. The smallest absolute Gasteiger partial charge is 0.270 e. The van der Waals surface area contributed by atoms with Crippen LogP contribution in [0.2, 0.25) is 0 Å². The molecule has 0 N–H and O–H groups in total. The fourth-order valence-corrected chi connectivity index (χ4v) is 2.02. The van der Waals surface area contributed by atoms with Gasteiger partial charge in [-0.25, -0.2) is 0 Å². The number of amides is 1. The van der Waals surface area contributed by atoms with Crippen LogP contribution in [0.3, 0.4) is 0 Å². The van der Waals surface area contributed by atoms with E-state index in [1.807, 2.05) is 16.8 Å². The first-order valence-electron chi connectivity index (χ1n) is 5.32. The van der Waals surface area contributed by atoms with Gasteiger partial charge in [-0.15, -0.1) is 6.58 Å². The number of aryl methyl sites for hydroxylation is 1. The summed E-state index contributed by atoms with van der Waals surface area (Å²) in [5.41, 5.74) is 0.720. The van der Waals surface area contributed by atoms with Gasteiger partial charge < -0.3 is 9.47 Å². The molecule has 0 unspecified atom stereocenters. The van der Waals surface area contributed by atoms with Gasteiger partial charge in [-0.2, -0.15) is 0 Å². The first-order chi connectivity index (χ1) is 7.60. The second kappa shape index (κ2) is 5.89. The van der Waals surface area contributed by atoms with Gasteiger partial charge in [0.15, 0.2) is 0 Å². The lowest BCUT2D eigenvalue weighted by atomic mass is 10.3. The van der Waals surface area contributed by atoms with Crippen LogP contribution in [0, 0.1) is 0 Å². The summed E-state index contributed by atoms with van der Waals surface area (Å²) >= 11 is 3.40. The monoisotopic (exact) mass is 284 g/mol. The number of aromatic nitrogens is 1. The number of carbonyl (C=O) groups excluding carboxylic acids is 1. The zero-order valence-electron chi connectivity index (χ0n) is 9.74. The van der Waals surface area contributed by atoms with Crippen molar-refractivity contribution in [1.82, 2.24) is 9.47 Å². The minimum absolute atomic E-state index is 0.0269. The molecule has 1 amide bonds. The fraction of sp³-hybridized carbons (Fsp3) is 0.417. The lowest BCUT2D eigenvalue weighted by Gasteiger charge is -2.16. The van der Waals surface area contributed by atoms with E-state index in [9.17, 15) is 4.79 Å². The maximum absolute atomic E-state index is 12.1. The molecule has 1 aromatic rings. The largest absolute Gasteiger partial charge is 0.342 e. The summed E-state index contributed by atoms with van der Waals surface area (Å²) in [5.74, 6) is 0.0269. The van der Waals surface area contributed by atoms with Crippen LogP contribution in [0.5, 0.6) is 0 Å². The molecular weight excluding hydrogens is 268 g/mol. The van der Waals surface area contributed by atoms with E-state index in [1.165, 1.54) is 0 Å². The molecule has 0 aliphatic heterocycles. The molecule has 0 aliphatic carbocycles. The summed E-state index contributed by atoms with van der Waals surface area (Å²) in [6, 6.07) is 1.86. The van der Waals surface area contributed by atoms with E-state index in [0.717, 1.165) is 23.1 Å². The third-order valence-electron chi connectivity index (χ3n) is 2.30. The van der Waals surface area contributed by atoms with Gasteiger partial charge in [0.2, 0.25) is 0 Å². The highest BCUT2D eigenvalue weighted by Crippen LogP contribution is 2.16. The molecule has 16 heavy (non-hydrogen) atoms. The molecule has 0 spiro atoms. The highest BCUT2D eigenvalue weighted by molar-refractivity contribution is 9.10. The van der Waals surface area contributed by atoms with Crippen molar-refractivity contribution in [2.75, 3.05) is 13.6 Å². The molecule has 0 fully saturated rings. The molecule has 0 saturated carbocycles. The van der Waals surface area contributed by atoms with Crippen LogP contribution in [-0.4, -0.2) is 29.0 Å². The zero-order chi connectivity index (χ0) is 12.1. The third kappa shape index (κ3) is 2.98. The van der Waals surface area contributed by atoms with Gasteiger partial charge in [0.05, 0.1) is 0 Å². The van der Waals surface area contributed by atoms with E-state index >= 15 is 0 Å². The predicted octanol–water partition coefficient (Wildman–Crippen LogP) is 2.92. The Hall–Kier alpha value is -1.03. The topological polar surface area (TPSA) is 25.2 Å². The van der Waals surface area contributed by atoms with Gasteiger partial charge in [-0.3, -0.25) is 4.79 Å². The standard InChI is InChI=1S/C12H17BrN2O/c1-4-6-14(3)12(16)11-8-10(13)9-15(11)7-5-2/h4,8-9H,1,5-7H2,2-3H3. The summed E-state index contributed by atoms with van der Waals surface area (Å²) in [5, 5.41) is 0. The molecule has 1 heterocycles. The zero-order valence-corrected chi connectivity index (χ0v) is 11.3. The number of hydrogen-bond donors (Lipinski definition) is 0. The summed E-state index contributed by atoms with van der Waals surface area (Å²) < 4.78 is 2.92. The van der Waals surface area contributed by atoms with Crippen LogP contribution in [-0.2, 0) is 6.54 Å². The number of rotatable bonds is 5. The number of nitrogens with zero attached hydrogens (tertiary/aromatic N) is 2. The van der Waals surface area contributed by atoms with Crippen molar-refractivity contribution in [2.45, 2.75) is 19.9 Å². The van der Waals surface area contributed by atoms with E-state index in [1.54, 1.807) is 18.0 Å². The van der Waals surface area contributed by atoms with Crippen LogP contribution < -0.4 is 0 Å². The number of halogens is 1. The van der Waals surface area contributed by atoms with E-state index in [0.29, 0.717) is 6.54 Å². The summed E-state index contributed by atoms with van der Waals surface area (Å²) in [6.07, 6.45) is 4.67. The Morgan fingerprint density at radius 3 is 2.94 bits per heavy atom. The maximum atomic E-state index is 12.1. The Balaban J connectivity index is 2.93. The Morgan fingerprint density at radius 2 is 2.38 bits per heavy atom. The van der Waals surface area contributed by atoms with Gasteiger partial charge in [-0.05, 0) is 28.4 Å². The lowest BCUT2D eigenvalue weighted by molar-refractivity contribution is 0.0799. The lowest BCUT2D eigenvalue weighted by Crippen LogP contribution is -2.28. The molecule has 0 bridgehead atoms. The predicted molar refractivity (Wildman–Crippen MR) is 69.6 cm³/mol. The van der Waals surface area contributed by atoms with Gasteiger partial charge in [-0.1, -0.05) is 13.0 Å². The van der Waals surface area contributed by atoms with Gasteiger partial charge >= 0.3 is 0 Å². The van der Waals surface area contributed by atoms with Crippen molar-refractivity contribution in [1.29, 1.82) is 0 Å². The third-order valence-corrected chi connectivity index (χ3v) is 2.73. The van der Waals surface area contributed by atoms with Crippen molar-refractivity contribution >= 4 is 21.8 Å². The molecule has 0 atom stereocenters. The summed E-state index contributed by atoms with van der Waals surface area (Å²) in [6.45, 7) is 7.14. The van der Waals surface area contributed by atoms with Crippen LogP contribution in [0.1, 0.15) is 23.8 Å². The summed E-state index contributed by atoms with van der Waals surface area (Å²) in [4.78, 5) is 13.7. The van der Waals surface area contributed by atoms with Gasteiger partial charge in [0, 0.05) is 30.8 Å². The molecule has 1 aromatic heterocycles. The van der Waals surface area contributed by atoms with Crippen LogP contribution in [0.15, 0.2) is 29.4 Å². The van der Waals surface area contributed by atoms with Crippen molar-refractivity contribution < 1.29 is 4.79 Å². The van der Waals surface area contributed by atoms with E-state index in [2.05, 4.69) is 29.4 Å². The second-order valence-corrected chi connectivity index (χ2v) is 4.63. The Kier molecular flexibility index (Phi) is 4.80. The maximum Gasteiger partial charge on any atom is 0.270 e. The van der Waals surface area contributed by atoms with Crippen molar-refractivity contribution in [3.05, 3.63) is 35.1 Å². The quantitative estimate of drug-likeness (QED) is 0.764. The Labute approximate surface area is 105 Å². The molecule has 0 saturated heterocycles. The highest BCUT2D eigenvalue weighted by atomic mass is 79.9.